The maximum absolute atomic E-state index is 11.7. The standard InChI is InChI=1S/C6H11O6PS2/c1-12-13(11,14-2)15-4(6(9)10)3-5(7)8/h4H,3H2,1-2H3,(H,7,8)(H,9,10)/t4-,13?/m0/s1. The van der Waals surface area contributed by atoms with Crippen LogP contribution in [0.4, 0.5) is 0 Å². The van der Waals surface area contributed by atoms with Crippen molar-refractivity contribution in [2.45, 2.75) is 11.7 Å². The third-order valence-corrected chi connectivity index (χ3v) is 9.00. The fraction of sp³-hybridized carbons (Fsp3) is 0.667. The lowest BCUT2D eigenvalue weighted by molar-refractivity contribution is -0.142. The third kappa shape index (κ3) is 5.46. The van der Waals surface area contributed by atoms with Crippen molar-refractivity contribution >= 4 is 40.5 Å². The van der Waals surface area contributed by atoms with E-state index < -0.39 is 29.4 Å². The first kappa shape index (κ1) is 14.8. The first-order chi connectivity index (χ1) is 6.84. The molecule has 0 aliphatic heterocycles. The second-order valence-electron chi connectivity index (χ2n) is 2.34. The molecule has 0 heterocycles. The molecular formula is C6H11O6PS2. The minimum Gasteiger partial charge on any atom is -0.481 e. The molecule has 2 N–H and O–H groups in total. The topological polar surface area (TPSA) is 101 Å². The normalized spacial score (nSPS) is 16.7. The fourth-order valence-corrected chi connectivity index (χ4v) is 5.69. The molecule has 0 aromatic rings. The Balaban J connectivity index is 4.60. The molecule has 6 nitrogen and oxygen atoms in total. The van der Waals surface area contributed by atoms with Crippen LogP contribution in [0.2, 0.25) is 0 Å². The molecule has 2 atom stereocenters. The van der Waals surface area contributed by atoms with Gasteiger partial charge in [0.1, 0.15) is 5.25 Å². The molecule has 0 rings (SSSR count). The predicted octanol–water partition coefficient (Wildman–Crippen LogP) is 1.77. The first-order valence-electron chi connectivity index (χ1n) is 3.69. The van der Waals surface area contributed by atoms with Gasteiger partial charge in [0.15, 0.2) is 0 Å². The van der Waals surface area contributed by atoms with Crippen LogP contribution in [0.15, 0.2) is 0 Å². The van der Waals surface area contributed by atoms with E-state index in [1.807, 2.05) is 0 Å². The summed E-state index contributed by atoms with van der Waals surface area (Å²) in [6.45, 7) is 0. The Morgan fingerprint density at radius 2 is 2.00 bits per heavy atom. The van der Waals surface area contributed by atoms with E-state index in [0.717, 1.165) is 11.4 Å². The van der Waals surface area contributed by atoms with Crippen LogP contribution in [-0.2, 0) is 18.7 Å². The highest BCUT2D eigenvalue weighted by molar-refractivity contribution is 8.89. The van der Waals surface area contributed by atoms with Gasteiger partial charge in [-0.25, -0.2) is 0 Å². The van der Waals surface area contributed by atoms with Gasteiger partial charge < -0.3 is 14.7 Å². The van der Waals surface area contributed by atoms with Crippen LogP contribution < -0.4 is 0 Å². The average molecular weight is 274 g/mol. The summed E-state index contributed by atoms with van der Waals surface area (Å²) in [6, 6.07) is 0. The maximum Gasteiger partial charge on any atom is 0.317 e. The molecule has 9 heteroatoms. The number of hydrogen-bond donors (Lipinski definition) is 2. The second kappa shape index (κ2) is 6.42. The Kier molecular flexibility index (Phi) is 6.35. The zero-order chi connectivity index (χ0) is 12.1. The summed E-state index contributed by atoms with van der Waals surface area (Å²) in [5.74, 6) is -5.72. The molecular weight excluding hydrogens is 263 g/mol. The Bertz CT molecular complexity index is 285. The smallest absolute Gasteiger partial charge is 0.317 e. The summed E-state index contributed by atoms with van der Waals surface area (Å²) in [4.78, 5) is 21.0. The molecule has 0 aliphatic rings. The van der Waals surface area contributed by atoms with Crippen molar-refractivity contribution in [3.8, 4) is 0 Å². The number of rotatable bonds is 7. The van der Waals surface area contributed by atoms with E-state index >= 15 is 0 Å². The molecule has 0 aromatic carbocycles. The zero-order valence-corrected chi connectivity index (χ0v) is 10.6. The van der Waals surface area contributed by atoms with E-state index in [1.54, 1.807) is 0 Å². The van der Waals surface area contributed by atoms with Gasteiger partial charge in [-0.15, -0.1) is 0 Å². The lowest BCUT2D eigenvalue weighted by Crippen LogP contribution is -2.19. The quantitative estimate of drug-likeness (QED) is 0.677. The molecule has 0 aromatic heterocycles. The number of aliphatic carboxylic acids is 2. The van der Waals surface area contributed by atoms with Gasteiger partial charge >= 0.3 is 17.7 Å². The lowest BCUT2D eigenvalue weighted by Gasteiger charge is -2.16. The molecule has 0 amide bonds. The number of carboxylic acids is 2. The highest BCUT2D eigenvalue weighted by atomic mass is 33.1. The molecule has 0 fully saturated rings. The number of hydrogen-bond acceptors (Lipinski definition) is 6. The maximum atomic E-state index is 11.7. The number of carboxylic acid groups (broad SMARTS) is 2. The molecule has 88 valence electrons. The highest BCUT2D eigenvalue weighted by Gasteiger charge is 2.32. The summed E-state index contributed by atoms with van der Waals surface area (Å²) in [5.41, 5.74) is 0. The summed E-state index contributed by atoms with van der Waals surface area (Å²) in [6.07, 6.45) is 0.921. The third-order valence-electron chi connectivity index (χ3n) is 1.34. The van der Waals surface area contributed by atoms with Crippen molar-refractivity contribution in [2.24, 2.45) is 0 Å². The van der Waals surface area contributed by atoms with Gasteiger partial charge in [0.05, 0.1) is 6.42 Å². The Hall–Kier alpha value is -0.170. The van der Waals surface area contributed by atoms with Crippen LogP contribution in [0.3, 0.4) is 0 Å². The van der Waals surface area contributed by atoms with Crippen LogP contribution in [0.25, 0.3) is 0 Å². The minimum atomic E-state index is -3.16. The molecule has 0 saturated carbocycles. The fourth-order valence-electron chi connectivity index (χ4n) is 0.645. The second-order valence-corrected chi connectivity index (χ2v) is 10.1. The van der Waals surface area contributed by atoms with Gasteiger partial charge in [0, 0.05) is 7.11 Å². The van der Waals surface area contributed by atoms with E-state index in [-0.39, 0.29) is 0 Å². The molecule has 0 radical (unpaired) electrons. The zero-order valence-electron chi connectivity index (χ0n) is 8.08. The van der Waals surface area contributed by atoms with Gasteiger partial charge in [-0.3, -0.25) is 14.2 Å². The summed E-state index contributed by atoms with van der Waals surface area (Å²) in [5, 5.41) is 15.9. The van der Waals surface area contributed by atoms with E-state index in [2.05, 4.69) is 4.52 Å². The average Bonchev–Trinajstić information content (AvgIpc) is 2.16. The number of carbonyl (C=O) groups is 2. The van der Waals surface area contributed by atoms with Crippen LogP contribution in [0.1, 0.15) is 6.42 Å². The highest BCUT2D eigenvalue weighted by Crippen LogP contribution is 2.69. The van der Waals surface area contributed by atoms with E-state index in [4.69, 9.17) is 10.2 Å². The van der Waals surface area contributed by atoms with Crippen molar-refractivity contribution in [3.63, 3.8) is 0 Å². The van der Waals surface area contributed by atoms with Gasteiger partial charge in [-0.05, 0) is 17.6 Å². The molecule has 0 spiro atoms. The van der Waals surface area contributed by atoms with Crippen molar-refractivity contribution in [2.75, 3.05) is 13.4 Å². The largest absolute Gasteiger partial charge is 0.481 e. The van der Waals surface area contributed by atoms with Gasteiger partial charge in [0.2, 0.25) is 0 Å². The predicted molar refractivity (Wildman–Crippen MR) is 59.4 cm³/mol. The van der Waals surface area contributed by atoms with Crippen molar-refractivity contribution in [1.82, 2.24) is 0 Å². The Morgan fingerprint density at radius 3 is 2.27 bits per heavy atom. The van der Waals surface area contributed by atoms with Crippen LogP contribution >= 0.6 is 28.5 Å². The lowest BCUT2D eigenvalue weighted by atomic mass is 10.3. The van der Waals surface area contributed by atoms with Gasteiger partial charge in [-0.1, -0.05) is 11.4 Å². The molecule has 0 bridgehead atoms. The van der Waals surface area contributed by atoms with Crippen molar-refractivity contribution < 1.29 is 28.9 Å². The minimum absolute atomic E-state index is 0.544. The van der Waals surface area contributed by atoms with E-state index in [1.165, 1.54) is 13.4 Å². The first-order valence-corrected chi connectivity index (χ1v) is 8.63. The summed E-state index contributed by atoms with van der Waals surface area (Å²) < 4.78 is 16.4. The van der Waals surface area contributed by atoms with Crippen molar-refractivity contribution in [1.29, 1.82) is 0 Å². The van der Waals surface area contributed by atoms with Crippen molar-refractivity contribution in [3.05, 3.63) is 0 Å². The Morgan fingerprint density at radius 1 is 1.47 bits per heavy atom. The van der Waals surface area contributed by atoms with Crippen LogP contribution in [-0.4, -0.2) is 40.8 Å². The SMILES string of the molecule is COP(=O)(SC)S[C@@H](CC(=O)O)C(=O)O. The molecule has 15 heavy (non-hydrogen) atoms. The van der Waals surface area contributed by atoms with E-state index in [0.29, 0.717) is 11.4 Å². The molecule has 0 saturated heterocycles. The molecule has 0 aliphatic carbocycles. The van der Waals surface area contributed by atoms with Crippen LogP contribution in [0.5, 0.6) is 0 Å². The van der Waals surface area contributed by atoms with Gasteiger partial charge in [-0.2, -0.15) is 0 Å². The summed E-state index contributed by atoms with van der Waals surface area (Å²) in [7, 11) is 1.20. The van der Waals surface area contributed by atoms with Gasteiger partial charge in [0.25, 0.3) is 0 Å². The monoisotopic (exact) mass is 274 g/mol. The Labute approximate surface area is 94.7 Å². The molecule has 1 unspecified atom stereocenters. The van der Waals surface area contributed by atoms with E-state index in [9.17, 15) is 14.2 Å². The summed E-state index contributed by atoms with van der Waals surface area (Å²) >= 11 is 1.43. The van der Waals surface area contributed by atoms with Crippen LogP contribution in [0, 0.1) is 0 Å².